The molecule has 0 spiro atoms. The number of fused-ring (bicyclic) bond motifs is 6. The van der Waals surface area contributed by atoms with E-state index < -0.39 is 0 Å². The monoisotopic (exact) mass is 639 g/mol. The van der Waals surface area contributed by atoms with Crippen LogP contribution in [0.4, 0.5) is 0 Å². The molecule has 0 saturated heterocycles. The smallest absolute Gasteiger partial charge is 0.0702 e. The van der Waals surface area contributed by atoms with Crippen LogP contribution in [0.3, 0.4) is 0 Å². The van der Waals surface area contributed by atoms with E-state index in [9.17, 15) is 0 Å². The molecule has 2 heteroatoms. The van der Waals surface area contributed by atoms with Crippen LogP contribution in [0.2, 0.25) is 0 Å². The number of pyridine rings is 1. The van der Waals surface area contributed by atoms with Gasteiger partial charge in [0.15, 0.2) is 0 Å². The zero-order valence-electron chi connectivity index (χ0n) is 26.6. The van der Waals surface area contributed by atoms with Crippen LogP contribution in [0.15, 0.2) is 176 Å². The maximum atomic E-state index is 5.02. The van der Waals surface area contributed by atoms with Crippen molar-refractivity contribution in [3.63, 3.8) is 0 Å². The molecule has 8 aromatic carbocycles. The lowest BCUT2D eigenvalue weighted by Gasteiger charge is -2.17. The second kappa shape index (κ2) is 11.3. The minimum atomic E-state index is 0.968. The summed E-state index contributed by atoms with van der Waals surface area (Å²) >= 11 is 1.87. The van der Waals surface area contributed by atoms with Gasteiger partial charge in [0.25, 0.3) is 0 Å². The van der Waals surface area contributed by atoms with E-state index in [-0.39, 0.29) is 0 Å². The normalized spacial score (nSPS) is 11.7. The van der Waals surface area contributed by atoms with Crippen LogP contribution in [0.25, 0.3) is 97.1 Å². The fraction of sp³-hybridized carbons (Fsp3) is 0. The Morgan fingerprint density at radius 1 is 0.327 bits per heavy atom. The maximum Gasteiger partial charge on any atom is 0.0702 e. The van der Waals surface area contributed by atoms with Crippen molar-refractivity contribution >= 4 is 63.8 Å². The van der Waals surface area contributed by atoms with Crippen molar-refractivity contribution in [3.8, 4) is 44.6 Å². The molecule has 2 aromatic heterocycles. The van der Waals surface area contributed by atoms with Gasteiger partial charge >= 0.3 is 0 Å². The molecule has 10 rings (SSSR count). The molecule has 0 bridgehead atoms. The molecule has 10 aromatic rings. The summed E-state index contributed by atoms with van der Waals surface area (Å²) in [6.45, 7) is 0. The van der Waals surface area contributed by atoms with Crippen molar-refractivity contribution in [3.05, 3.63) is 176 Å². The van der Waals surface area contributed by atoms with Crippen molar-refractivity contribution in [2.75, 3.05) is 0 Å². The van der Waals surface area contributed by atoms with Crippen LogP contribution >= 0.6 is 11.3 Å². The molecule has 0 N–H and O–H groups in total. The van der Waals surface area contributed by atoms with Crippen LogP contribution in [-0.4, -0.2) is 4.98 Å². The Kier molecular flexibility index (Phi) is 6.43. The van der Waals surface area contributed by atoms with Crippen molar-refractivity contribution < 1.29 is 0 Å². The molecule has 228 valence electrons. The number of rotatable bonds is 4. The molecule has 0 atom stereocenters. The standard InChI is InChI=1S/C47H29NS/c1-2-10-32(11-3-1)46-37-14-6-8-16-39(37)47(40-17-9-7-15-38(40)46)36-22-24-43(48-29-36)31-20-18-30(19-21-31)35-23-25-44-41(27-35)42-26-33-12-4-5-13-34(33)28-45(42)49-44/h1-29H. The minimum absolute atomic E-state index is 0.968. The summed E-state index contributed by atoms with van der Waals surface area (Å²) in [5.74, 6) is 0. The first-order chi connectivity index (χ1) is 24.3. The van der Waals surface area contributed by atoms with E-state index in [1.165, 1.54) is 80.3 Å². The van der Waals surface area contributed by atoms with Crippen molar-refractivity contribution in [2.45, 2.75) is 0 Å². The number of hydrogen-bond acceptors (Lipinski definition) is 2. The number of thiophene rings is 1. The zero-order chi connectivity index (χ0) is 32.3. The number of hydrogen-bond donors (Lipinski definition) is 0. The summed E-state index contributed by atoms with van der Waals surface area (Å²) in [5, 5.41) is 10.2. The fourth-order valence-electron chi connectivity index (χ4n) is 7.54. The molecule has 0 radical (unpaired) electrons. The lowest BCUT2D eigenvalue weighted by Crippen LogP contribution is -1.92. The molecule has 0 saturated carbocycles. The van der Waals surface area contributed by atoms with Crippen LogP contribution in [0, 0.1) is 0 Å². The van der Waals surface area contributed by atoms with E-state index in [4.69, 9.17) is 4.98 Å². The van der Waals surface area contributed by atoms with E-state index in [2.05, 4.69) is 170 Å². The Hall–Kier alpha value is -6.09. The van der Waals surface area contributed by atoms with Crippen LogP contribution < -0.4 is 0 Å². The molecule has 0 unspecified atom stereocenters. The van der Waals surface area contributed by atoms with Crippen LogP contribution in [-0.2, 0) is 0 Å². The second-order valence-corrected chi connectivity index (χ2v) is 13.8. The fourth-order valence-corrected chi connectivity index (χ4v) is 8.66. The third kappa shape index (κ3) is 4.64. The SMILES string of the molecule is c1ccc(-c2c3ccccc3c(-c3ccc(-c4ccc(-c5ccc6sc7cc8ccccc8cc7c6c5)cc4)nc3)c3ccccc23)cc1. The van der Waals surface area contributed by atoms with Gasteiger partial charge in [-0.2, -0.15) is 0 Å². The number of nitrogens with zero attached hydrogens (tertiary/aromatic N) is 1. The van der Waals surface area contributed by atoms with E-state index in [1.54, 1.807) is 0 Å². The van der Waals surface area contributed by atoms with Crippen LogP contribution in [0.5, 0.6) is 0 Å². The highest BCUT2D eigenvalue weighted by molar-refractivity contribution is 7.25. The summed E-state index contributed by atoms with van der Waals surface area (Å²) in [4.78, 5) is 5.02. The van der Waals surface area contributed by atoms with Crippen molar-refractivity contribution in [2.24, 2.45) is 0 Å². The highest BCUT2D eigenvalue weighted by Crippen LogP contribution is 2.44. The first kappa shape index (κ1) is 28.0. The van der Waals surface area contributed by atoms with E-state index in [0.29, 0.717) is 0 Å². The van der Waals surface area contributed by atoms with E-state index >= 15 is 0 Å². The predicted molar refractivity (Wildman–Crippen MR) is 211 cm³/mol. The predicted octanol–water partition coefficient (Wildman–Crippen LogP) is 13.6. The highest BCUT2D eigenvalue weighted by Gasteiger charge is 2.17. The summed E-state index contributed by atoms with van der Waals surface area (Å²) in [5.41, 5.74) is 9.37. The Morgan fingerprint density at radius 2 is 0.857 bits per heavy atom. The van der Waals surface area contributed by atoms with E-state index in [1.807, 2.05) is 17.5 Å². The van der Waals surface area contributed by atoms with Gasteiger partial charge in [-0.1, -0.05) is 140 Å². The molecule has 0 aliphatic carbocycles. The quantitative estimate of drug-likeness (QED) is 0.175. The summed E-state index contributed by atoms with van der Waals surface area (Å²) in [6.07, 6.45) is 2.04. The molecule has 0 aliphatic heterocycles. The van der Waals surface area contributed by atoms with E-state index in [0.717, 1.165) is 16.8 Å². The third-order valence-corrected chi connectivity index (χ3v) is 11.0. The number of aromatic nitrogens is 1. The van der Waals surface area contributed by atoms with Gasteiger partial charge in [0.2, 0.25) is 0 Å². The molecular weight excluding hydrogens is 611 g/mol. The van der Waals surface area contributed by atoms with Crippen LogP contribution in [0.1, 0.15) is 0 Å². The van der Waals surface area contributed by atoms with Gasteiger partial charge in [0.1, 0.15) is 0 Å². The van der Waals surface area contributed by atoms with Gasteiger partial charge in [-0.05, 0) is 90.5 Å². The Balaban J connectivity index is 1.02. The summed E-state index contributed by atoms with van der Waals surface area (Å²) in [6, 6.07) is 61.7. The average molecular weight is 640 g/mol. The van der Waals surface area contributed by atoms with Gasteiger partial charge in [-0.3, -0.25) is 4.98 Å². The molecule has 49 heavy (non-hydrogen) atoms. The first-order valence-electron chi connectivity index (χ1n) is 16.7. The third-order valence-electron chi connectivity index (χ3n) is 9.90. The Bertz CT molecular complexity index is 2790. The van der Waals surface area contributed by atoms with Gasteiger partial charge in [0.05, 0.1) is 5.69 Å². The van der Waals surface area contributed by atoms with Crippen molar-refractivity contribution in [1.82, 2.24) is 4.98 Å². The van der Waals surface area contributed by atoms with Gasteiger partial charge in [-0.15, -0.1) is 11.3 Å². The first-order valence-corrected chi connectivity index (χ1v) is 17.5. The lowest BCUT2D eigenvalue weighted by atomic mass is 9.86. The summed E-state index contributed by atoms with van der Waals surface area (Å²) < 4.78 is 2.66. The Labute approximate surface area is 288 Å². The molecule has 1 nitrogen and oxygen atoms in total. The van der Waals surface area contributed by atoms with Crippen molar-refractivity contribution in [1.29, 1.82) is 0 Å². The maximum absolute atomic E-state index is 5.02. The molecular formula is C47H29NS. The van der Waals surface area contributed by atoms with Gasteiger partial charge in [-0.25, -0.2) is 0 Å². The number of benzene rings is 8. The lowest BCUT2D eigenvalue weighted by molar-refractivity contribution is 1.33. The van der Waals surface area contributed by atoms with Gasteiger partial charge < -0.3 is 0 Å². The zero-order valence-corrected chi connectivity index (χ0v) is 27.4. The molecule has 2 heterocycles. The molecule has 0 amide bonds. The largest absolute Gasteiger partial charge is 0.256 e. The second-order valence-electron chi connectivity index (χ2n) is 12.7. The topological polar surface area (TPSA) is 12.9 Å². The average Bonchev–Trinajstić information content (AvgIpc) is 3.53. The molecule has 0 aliphatic rings. The van der Waals surface area contributed by atoms with Gasteiger partial charge in [0, 0.05) is 37.5 Å². The Morgan fingerprint density at radius 3 is 1.51 bits per heavy atom. The minimum Gasteiger partial charge on any atom is -0.256 e. The highest BCUT2D eigenvalue weighted by atomic mass is 32.1. The molecule has 0 fully saturated rings. The summed E-state index contributed by atoms with van der Waals surface area (Å²) in [7, 11) is 0.